The molecule has 0 radical (unpaired) electrons. The standard InChI is InChI=1S/C12H14N2O2S/c1-7-9(4-5-17-7)13-8-2-3-11-10(6-8)14-12(15)16-11/h2-3,6-7,9,13H,4-5H2,1H3,(H,14,15). The Labute approximate surface area is 103 Å². The lowest BCUT2D eigenvalue weighted by Crippen LogP contribution is -2.24. The summed E-state index contributed by atoms with van der Waals surface area (Å²) in [6.45, 7) is 2.24. The van der Waals surface area contributed by atoms with E-state index in [-0.39, 0.29) is 0 Å². The van der Waals surface area contributed by atoms with Gasteiger partial charge in [-0.05, 0) is 30.4 Å². The van der Waals surface area contributed by atoms with Crippen molar-refractivity contribution in [3.05, 3.63) is 28.7 Å². The van der Waals surface area contributed by atoms with Gasteiger partial charge in [-0.15, -0.1) is 0 Å². The zero-order chi connectivity index (χ0) is 11.8. The molecule has 1 saturated heterocycles. The number of hydrogen-bond acceptors (Lipinski definition) is 4. The number of hydrogen-bond donors (Lipinski definition) is 2. The summed E-state index contributed by atoms with van der Waals surface area (Å²) in [7, 11) is 0. The second-order valence-corrected chi connectivity index (χ2v) is 5.83. The summed E-state index contributed by atoms with van der Waals surface area (Å²) in [5.74, 6) is 0.811. The third-order valence-electron chi connectivity index (χ3n) is 3.15. The molecule has 1 aliphatic rings. The van der Waals surface area contributed by atoms with Crippen LogP contribution in [0.2, 0.25) is 0 Å². The molecule has 2 unspecified atom stereocenters. The van der Waals surface area contributed by atoms with Crippen molar-refractivity contribution in [3.63, 3.8) is 0 Å². The van der Waals surface area contributed by atoms with Crippen molar-refractivity contribution in [1.29, 1.82) is 0 Å². The Morgan fingerprint density at radius 2 is 2.41 bits per heavy atom. The highest BCUT2D eigenvalue weighted by Gasteiger charge is 2.23. The molecule has 2 aromatic rings. The summed E-state index contributed by atoms with van der Waals surface area (Å²) in [6.07, 6.45) is 1.19. The van der Waals surface area contributed by atoms with Crippen molar-refractivity contribution in [3.8, 4) is 0 Å². The van der Waals surface area contributed by atoms with Crippen molar-refractivity contribution in [1.82, 2.24) is 4.98 Å². The normalized spacial score (nSPS) is 24.3. The molecule has 3 rings (SSSR count). The molecule has 1 fully saturated rings. The minimum atomic E-state index is -0.401. The maximum atomic E-state index is 11.1. The molecule has 5 heteroatoms. The smallest absolute Gasteiger partial charge is 0.408 e. The molecule has 2 atom stereocenters. The SMILES string of the molecule is CC1SCCC1Nc1ccc2oc(=O)[nH]c2c1. The Kier molecular flexibility index (Phi) is 2.63. The van der Waals surface area contributed by atoms with Gasteiger partial charge < -0.3 is 9.73 Å². The van der Waals surface area contributed by atoms with Crippen LogP contribution in [0.3, 0.4) is 0 Å². The number of fused-ring (bicyclic) bond motifs is 1. The van der Waals surface area contributed by atoms with Crippen molar-refractivity contribution in [2.24, 2.45) is 0 Å². The highest BCUT2D eigenvalue weighted by atomic mass is 32.2. The number of benzene rings is 1. The first-order valence-electron chi connectivity index (χ1n) is 5.73. The van der Waals surface area contributed by atoms with Gasteiger partial charge in [0.05, 0.1) is 5.52 Å². The van der Waals surface area contributed by atoms with Crippen LogP contribution in [0.25, 0.3) is 11.1 Å². The highest BCUT2D eigenvalue weighted by Crippen LogP contribution is 2.29. The van der Waals surface area contributed by atoms with Gasteiger partial charge in [0.15, 0.2) is 5.58 Å². The fourth-order valence-electron chi connectivity index (χ4n) is 2.18. The van der Waals surface area contributed by atoms with Gasteiger partial charge in [-0.3, -0.25) is 4.98 Å². The molecule has 1 aromatic heterocycles. The lowest BCUT2D eigenvalue weighted by atomic mass is 10.1. The zero-order valence-electron chi connectivity index (χ0n) is 9.53. The molecule has 4 nitrogen and oxygen atoms in total. The Bertz CT molecular complexity index is 589. The van der Waals surface area contributed by atoms with Crippen molar-refractivity contribution in [2.75, 3.05) is 11.1 Å². The number of thioether (sulfide) groups is 1. The fraction of sp³-hybridized carbons (Fsp3) is 0.417. The van der Waals surface area contributed by atoms with Crippen LogP contribution in [0.5, 0.6) is 0 Å². The van der Waals surface area contributed by atoms with Crippen LogP contribution >= 0.6 is 11.8 Å². The van der Waals surface area contributed by atoms with Crippen LogP contribution < -0.4 is 11.1 Å². The molecule has 90 valence electrons. The molecule has 0 amide bonds. The van der Waals surface area contributed by atoms with Crippen LogP contribution in [0.4, 0.5) is 5.69 Å². The monoisotopic (exact) mass is 250 g/mol. The second-order valence-electron chi connectivity index (χ2n) is 4.34. The van der Waals surface area contributed by atoms with Crippen LogP contribution in [0.1, 0.15) is 13.3 Å². The van der Waals surface area contributed by atoms with E-state index in [9.17, 15) is 4.79 Å². The lowest BCUT2D eigenvalue weighted by Gasteiger charge is -2.17. The number of aromatic nitrogens is 1. The molecule has 2 N–H and O–H groups in total. The van der Waals surface area contributed by atoms with Gasteiger partial charge in [0, 0.05) is 17.0 Å². The maximum absolute atomic E-state index is 11.1. The second kappa shape index (κ2) is 4.14. The Balaban J connectivity index is 1.87. The summed E-state index contributed by atoms with van der Waals surface area (Å²) in [6, 6.07) is 6.21. The topological polar surface area (TPSA) is 58.0 Å². The molecule has 0 aliphatic carbocycles. The molecule has 0 spiro atoms. The van der Waals surface area contributed by atoms with Crippen LogP contribution in [-0.2, 0) is 0 Å². The maximum Gasteiger partial charge on any atom is 0.417 e. The summed E-state index contributed by atoms with van der Waals surface area (Å²) in [5.41, 5.74) is 2.39. The van der Waals surface area contributed by atoms with Crippen molar-refractivity contribution in [2.45, 2.75) is 24.6 Å². The highest BCUT2D eigenvalue weighted by molar-refractivity contribution is 8.00. The quantitative estimate of drug-likeness (QED) is 0.859. The van der Waals surface area contributed by atoms with Crippen LogP contribution in [-0.4, -0.2) is 22.0 Å². The third-order valence-corrected chi connectivity index (χ3v) is 4.47. The summed E-state index contributed by atoms with van der Waals surface area (Å²) >= 11 is 1.99. The van der Waals surface area contributed by atoms with Gasteiger partial charge in [-0.25, -0.2) is 4.79 Å². The molecule has 1 aliphatic heterocycles. The van der Waals surface area contributed by atoms with E-state index in [0.717, 1.165) is 11.2 Å². The van der Waals surface area contributed by atoms with Crippen molar-refractivity contribution < 1.29 is 4.42 Å². The number of oxazole rings is 1. The Morgan fingerprint density at radius 3 is 3.18 bits per heavy atom. The predicted molar refractivity (Wildman–Crippen MR) is 70.8 cm³/mol. The average Bonchev–Trinajstić information content (AvgIpc) is 2.84. The van der Waals surface area contributed by atoms with E-state index < -0.39 is 5.76 Å². The zero-order valence-corrected chi connectivity index (χ0v) is 10.3. The minimum absolute atomic E-state index is 0.401. The van der Waals surface area contributed by atoms with Crippen molar-refractivity contribution >= 4 is 28.5 Å². The summed E-state index contributed by atoms with van der Waals surface area (Å²) < 4.78 is 4.97. The van der Waals surface area contributed by atoms with E-state index in [1.807, 2.05) is 30.0 Å². The summed E-state index contributed by atoms with van der Waals surface area (Å²) in [4.78, 5) is 13.7. The Morgan fingerprint density at radius 1 is 1.53 bits per heavy atom. The fourth-order valence-corrected chi connectivity index (χ4v) is 3.38. The number of rotatable bonds is 2. The van der Waals surface area contributed by atoms with Gasteiger partial charge in [0.25, 0.3) is 0 Å². The first kappa shape index (κ1) is 10.8. The summed E-state index contributed by atoms with van der Waals surface area (Å²) in [5, 5.41) is 4.14. The lowest BCUT2D eigenvalue weighted by molar-refractivity contribution is 0.555. The third kappa shape index (κ3) is 2.07. The van der Waals surface area contributed by atoms with Gasteiger partial charge in [0.2, 0.25) is 0 Å². The number of nitrogens with one attached hydrogen (secondary N) is 2. The average molecular weight is 250 g/mol. The van der Waals surface area contributed by atoms with E-state index in [1.165, 1.54) is 12.2 Å². The number of H-pyrrole nitrogens is 1. The number of aromatic amines is 1. The van der Waals surface area contributed by atoms with E-state index in [4.69, 9.17) is 4.42 Å². The molecular weight excluding hydrogens is 236 g/mol. The number of anilines is 1. The molecule has 0 saturated carbocycles. The van der Waals surface area contributed by atoms with E-state index >= 15 is 0 Å². The first-order valence-corrected chi connectivity index (χ1v) is 6.78. The van der Waals surface area contributed by atoms with E-state index in [1.54, 1.807) is 0 Å². The Hall–Kier alpha value is -1.36. The van der Waals surface area contributed by atoms with Crippen LogP contribution in [0.15, 0.2) is 27.4 Å². The molecule has 0 bridgehead atoms. The van der Waals surface area contributed by atoms with Gasteiger partial charge in [-0.2, -0.15) is 11.8 Å². The molecule has 2 heterocycles. The van der Waals surface area contributed by atoms with E-state index in [2.05, 4.69) is 17.2 Å². The molecule has 1 aromatic carbocycles. The minimum Gasteiger partial charge on any atom is -0.408 e. The van der Waals surface area contributed by atoms with Gasteiger partial charge in [-0.1, -0.05) is 6.92 Å². The molecule has 17 heavy (non-hydrogen) atoms. The largest absolute Gasteiger partial charge is 0.417 e. The van der Waals surface area contributed by atoms with Gasteiger partial charge >= 0.3 is 5.76 Å². The molecular formula is C12H14N2O2S. The predicted octanol–water partition coefficient (Wildman–Crippen LogP) is 2.43. The van der Waals surface area contributed by atoms with Gasteiger partial charge in [0.1, 0.15) is 0 Å². The first-order chi connectivity index (χ1) is 8.22. The van der Waals surface area contributed by atoms with Crippen LogP contribution in [0, 0.1) is 0 Å². The van der Waals surface area contributed by atoms with E-state index in [0.29, 0.717) is 16.9 Å².